The molecule has 1 heterocycles. The largest absolute Gasteiger partial charge is 0.488 e. The summed E-state index contributed by atoms with van der Waals surface area (Å²) < 4.78 is 6.16. The van der Waals surface area contributed by atoms with E-state index in [1.807, 2.05) is 80.6 Å². The molecule has 1 saturated heterocycles. The van der Waals surface area contributed by atoms with E-state index in [1.165, 1.54) is 0 Å². The summed E-state index contributed by atoms with van der Waals surface area (Å²) in [4.78, 5) is 39.6. The van der Waals surface area contributed by atoms with Crippen LogP contribution in [0.5, 0.6) is 5.75 Å². The van der Waals surface area contributed by atoms with Crippen molar-refractivity contribution >= 4 is 51.4 Å². The van der Waals surface area contributed by atoms with E-state index in [2.05, 4.69) is 23.5 Å². The Hall–Kier alpha value is -4.36. The molecule has 0 unspecified atom stereocenters. The first-order valence-electron chi connectivity index (χ1n) is 12.2. The zero-order valence-corrected chi connectivity index (χ0v) is 21.9. The zero-order chi connectivity index (χ0) is 26.6. The predicted octanol–water partition coefficient (Wildman–Crippen LogP) is 6.71. The minimum atomic E-state index is -0.500. The van der Waals surface area contributed by atoms with Crippen LogP contribution in [0.1, 0.15) is 22.3 Å². The first-order chi connectivity index (χ1) is 18.4. The van der Waals surface area contributed by atoms with Gasteiger partial charge >= 0.3 is 0 Å². The van der Waals surface area contributed by atoms with E-state index in [9.17, 15) is 14.4 Å². The van der Waals surface area contributed by atoms with Gasteiger partial charge in [-0.3, -0.25) is 19.3 Å². The lowest BCUT2D eigenvalue weighted by Crippen LogP contribution is -2.36. The maximum atomic E-state index is 13.1. The summed E-state index contributed by atoms with van der Waals surface area (Å²) in [5, 5.41) is 4.61. The Morgan fingerprint density at radius 3 is 2.39 bits per heavy atom. The molecule has 190 valence electrons. The Morgan fingerprint density at radius 1 is 0.895 bits per heavy atom. The highest BCUT2D eigenvalue weighted by atomic mass is 32.2. The molecule has 38 heavy (non-hydrogen) atoms. The van der Waals surface area contributed by atoms with Crippen LogP contribution in [0.25, 0.3) is 16.8 Å². The number of rotatable bonds is 7. The van der Waals surface area contributed by atoms with Crippen molar-refractivity contribution in [2.75, 3.05) is 11.9 Å². The van der Waals surface area contributed by atoms with Crippen LogP contribution in [0.3, 0.4) is 0 Å². The van der Waals surface area contributed by atoms with Gasteiger partial charge in [-0.25, -0.2) is 0 Å². The van der Waals surface area contributed by atoms with Gasteiger partial charge in [-0.2, -0.15) is 0 Å². The number of carbonyl (C=O) groups excluding carboxylic acids is 3. The van der Waals surface area contributed by atoms with Crippen LogP contribution in [-0.2, 0) is 16.2 Å². The van der Waals surface area contributed by atoms with E-state index in [0.29, 0.717) is 23.6 Å². The van der Waals surface area contributed by atoms with Crippen LogP contribution in [0.2, 0.25) is 0 Å². The lowest BCUT2D eigenvalue weighted by Gasteiger charge is -2.15. The number of ether oxygens (including phenoxy) is 1. The third kappa shape index (κ3) is 5.33. The number of carbonyl (C=O) groups is 3. The smallest absolute Gasteiger partial charge is 0.294 e. The second-order valence-corrected chi connectivity index (χ2v) is 10.0. The lowest BCUT2D eigenvalue weighted by molar-refractivity contribution is -0.127. The van der Waals surface area contributed by atoms with Crippen molar-refractivity contribution in [1.29, 1.82) is 0 Å². The zero-order valence-electron chi connectivity index (χ0n) is 21.1. The van der Waals surface area contributed by atoms with Crippen LogP contribution in [0.15, 0.2) is 89.8 Å². The molecule has 1 aliphatic heterocycles. The maximum absolute atomic E-state index is 13.1. The first kappa shape index (κ1) is 25.3. The minimum absolute atomic E-state index is 0.246. The normalized spacial score (nSPS) is 14.4. The van der Waals surface area contributed by atoms with Crippen molar-refractivity contribution in [3.63, 3.8) is 0 Å². The van der Waals surface area contributed by atoms with Gasteiger partial charge in [0, 0.05) is 11.3 Å². The van der Waals surface area contributed by atoms with Crippen LogP contribution in [0.4, 0.5) is 10.5 Å². The molecule has 0 bridgehead atoms. The lowest BCUT2D eigenvalue weighted by atomic mass is 10.1. The van der Waals surface area contributed by atoms with Crippen LogP contribution >= 0.6 is 11.8 Å². The van der Waals surface area contributed by atoms with Gasteiger partial charge in [0.1, 0.15) is 18.9 Å². The van der Waals surface area contributed by atoms with Gasteiger partial charge in [0.2, 0.25) is 5.91 Å². The Kier molecular flexibility index (Phi) is 7.29. The average molecular weight is 523 g/mol. The van der Waals surface area contributed by atoms with Gasteiger partial charge < -0.3 is 10.1 Å². The number of hydrogen-bond donors (Lipinski definition) is 1. The molecule has 1 N–H and O–H groups in total. The predicted molar refractivity (Wildman–Crippen MR) is 152 cm³/mol. The molecule has 5 rings (SSSR count). The van der Waals surface area contributed by atoms with Crippen molar-refractivity contribution in [2.45, 2.75) is 20.5 Å². The number of amides is 3. The molecule has 7 heteroatoms. The number of nitrogens with one attached hydrogen (secondary N) is 1. The maximum Gasteiger partial charge on any atom is 0.294 e. The highest BCUT2D eigenvalue weighted by molar-refractivity contribution is 8.18. The third-order valence-corrected chi connectivity index (χ3v) is 7.30. The fourth-order valence-corrected chi connectivity index (χ4v) is 5.25. The molecule has 0 aliphatic carbocycles. The van der Waals surface area contributed by atoms with Gasteiger partial charge in [-0.05, 0) is 65.2 Å². The Balaban J connectivity index is 1.31. The number of nitrogens with zero attached hydrogens (tertiary/aromatic N) is 1. The summed E-state index contributed by atoms with van der Waals surface area (Å²) in [5.74, 6) is -0.328. The number of aryl methyl sites for hydroxylation is 2. The van der Waals surface area contributed by atoms with Gasteiger partial charge in [0.25, 0.3) is 11.1 Å². The van der Waals surface area contributed by atoms with Gasteiger partial charge in [-0.15, -0.1) is 0 Å². The summed E-state index contributed by atoms with van der Waals surface area (Å²) in [5.41, 5.74) is 4.24. The quantitative estimate of drug-likeness (QED) is 0.273. The molecule has 1 aliphatic rings. The molecule has 4 aromatic rings. The van der Waals surface area contributed by atoms with Crippen LogP contribution in [0, 0.1) is 13.8 Å². The second-order valence-electron chi connectivity index (χ2n) is 9.05. The highest BCUT2D eigenvalue weighted by Gasteiger charge is 2.36. The number of hydrogen-bond acceptors (Lipinski definition) is 5. The Labute approximate surface area is 225 Å². The van der Waals surface area contributed by atoms with Gasteiger partial charge in [0.05, 0.1) is 4.91 Å². The van der Waals surface area contributed by atoms with Crippen molar-refractivity contribution in [2.24, 2.45) is 0 Å². The molecule has 4 aromatic carbocycles. The number of anilines is 1. The topological polar surface area (TPSA) is 75.7 Å². The molecule has 0 aromatic heterocycles. The fraction of sp³-hybridized carbons (Fsp3) is 0.129. The number of thioether (sulfide) groups is 1. The molecule has 6 nitrogen and oxygen atoms in total. The number of para-hydroxylation sites is 2. The summed E-state index contributed by atoms with van der Waals surface area (Å²) in [7, 11) is 0. The van der Waals surface area contributed by atoms with Crippen molar-refractivity contribution in [3.05, 3.63) is 112 Å². The third-order valence-electron chi connectivity index (χ3n) is 6.39. The van der Waals surface area contributed by atoms with E-state index in [4.69, 9.17) is 4.74 Å². The summed E-state index contributed by atoms with van der Waals surface area (Å²) in [6.07, 6.45) is 1.65. The molecular formula is C31H26N2O4S. The number of imide groups is 1. The fourth-order valence-electron chi connectivity index (χ4n) is 4.42. The molecule has 0 atom stereocenters. The molecule has 1 fully saturated rings. The molecule has 0 spiro atoms. The Bertz CT molecular complexity index is 1570. The molecule has 0 saturated carbocycles. The SMILES string of the molecule is Cc1cccc(C)c1NC(=O)CN1C(=O)S/C(=C\c2ccccc2OCc2cccc3ccccc23)C1=O. The summed E-state index contributed by atoms with van der Waals surface area (Å²) in [6, 6.07) is 27.3. The van der Waals surface area contributed by atoms with Crippen LogP contribution in [-0.4, -0.2) is 28.5 Å². The number of fused-ring (bicyclic) bond motifs is 1. The standard InChI is InChI=1S/C31H26N2O4S/c1-20-9-7-10-21(2)29(20)32-28(34)18-33-30(35)27(38-31(33)36)17-23-12-4-6-16-26(23)37-19-24-14-8-13-22-11-3-5-15-25(22)24/h3-17H,18-19H2,1-2H3,(H,32,34)/b27-17-. The second kappa shape index (κ2) is 10.9. The molecular weight excluding hydrogens is 496 g/mol. The number of benzene rings is 4. The van der Waals surface area contributed by atoms with Gasteiger partial charge in [-0.1, -0.05) is 78.9 Å². The van der Waals surface area contributed by atoms with E-state index in [-0.39, 0.29) is 11.4 Å². The van der Waals surface area contributed by atoms with Crippen molar-refractivity contribution in [3.8, 4) is 5.75 Å². The van der Waals surface area contributed by atoms with Crippen molar-refractivity contribution < 1.29 is 19.1 Å². The van der Waals surface area contributed by atoms with Gasteiger partial charge in [0.15, 0.2) is 0 Å². The highest BCUT2D eigenvalue weighted by Crippen LogP contribution is 2.34. The Morgan fingerprint density at radius 2 is 1.58 bits per heavy atom. The molecule has 3 amide bonds. The van der Waals surface area contributed by atoms with E-state index in [1.54, 1.807) is 6.08 Å². The monoisotopic (exact) mass is 522 g/mol. The molecule has 0 radical (unpaired) electrons. The first-order valence-corrected chi connectivity index (χ1v) is 13.0. The van der Waals surface area contributed by atoms with Crippen LogP contribution < -0.4 is 10.1 Å². The van der Waals surface area contributed by atoms with Crippen molar-refractivity contribution in [1.82, 2.24) is 4.90 Å². The average Bonchev–Trinajstić information content (AvgIpc) is 3.17. The summed E-state index contributed by atoms with van der Waals surface area (Å²) in [6.45, 7) is 3.79. The minimum Gasteiger partial charge on any atom is -0.488 e. The van der Waals surface area contributed by atoms with E-state index in [0.717, 1.165) is 44.1 Å². The summed E-state index contributed by atoms with van der Waals surface area (Å²) >= 11 is 0.819. The van der Waals surface area contributed by atoms with E-state index >= 15 is 0 Å². The van der Waals surface area contributed by atoms with E-state index < -0.39 is 17.1 Å².